The molecule has 6 N–H and O–H groups in total. The number of aliphatic hydroxyl groups excluding tert-OH is 6. The van der Waals surface area contributed by atoms with Crippen molar-refractivity contribution in [1.29, 1.82) is 0 Å². The molecule has 0 aliphatic heterocycles. The smallest absolute Gasteiger partial charge is 0.306 e. The van der Waals surface area contributed by atoms with Crippen molar-refractivity contribution in [3.8, 4) is 0 Å². The van der Waals surface area contributed by atoms with E-state index in [-0.39, 0.29) is 82.5 Å². The number of rotatable bonds is 62. The first-order chi connectivity index (χ1) is 38.0. The number of hydrogen-bond donors (Lipinski definition) is 6. The van der Waals surface area contributed by atoms with Gasteiger partial charge in [0.2, 0.25) is 0 Å². The summed E-state index contributed by atoms with van der Waals surface area (Å²) < 4.78 is 17.0. The van der Waals surface area contributed by atoms with E-state index >= 15 is 0 Å². The standard InChI is InChI=1S/C63H122O12S3/c1-4-7-10-25-34-54(67)49-58(76-46-43-64)37-28-19-13-16-22-31-40-61(70)73-52-57(75-63(72)42-33-24-18-15-21-30-39-60(78-48-45-66)51-56(69)36-27-12-9-6-3)53-74-62(71)41-32-23-17-14-20-29-38-59(77-47-44-65)50-55(68)35-26-11-8-5-2/h54-60,64-69H,4-53H2,1-3H3. The number of carbonyl (C=O) groups excluding carboxylic acids is 3. The zero-order chi connectivity index (χ0) is 57.4. The van der Waals surface area contributed by atoms with E-state index < -0.39 is 12.1 Å². The molecular weight excluding hydrogens is 1040 g/mol. The molecule has 15 heteroatoms. The average Bonchev–Trinajstić information content (AvgIpc) is 3.42. The van der Waals surface area contributed by atoms with Gasteiger partial charge in [-0.1, -0.05) is 194 Å². The molecule has 0 bridgehead atoms. The first-order valence-corrected chi connectivity index (χ1v) is 35.4. The van der Waals surface area contributed by atoms with E-state index in [0.29, 0.717) is 52.3 Å². The third-order valence-electron chi connectivity index (χ3n) is 14.7. The van der Waals surface area contributed by atoms with E-state index in [1.807, 2.05) is 0 Å². The van der Waals surface area contributed by atoms with Crippen molar-refractivity contribution in [2.24, 2.45) is 0 Å². The Kier molecular flexibility index (Phi) is 58.8. The molecule has 464 valence electrons. The van der Waals surface area contributed by atoms with Crippen LogP contribution in [0.2, 0.25) is 0 Å². The van der Waals surface area contributed by atoms with Crippen molar-refractivity contribution in [3.05, 3.63) is 0 Å². The van der Waals surface area contributed by atoms with Gasteiger partial charge in [-0.15, -0.1) is 0 Å². The molecule has 0 saturated heterocycles. The minimum absolute atomic E-state index is 0.154. The van der Waals surface area contributed by atoms with Gasteiger partial charge in [0, 0.05) is 52.3 Å². The van der Waals surface area contributed by atoms with Crippen molar-refractivity contribution in [2.75, 3.05) is 50.3 Å². The Morgan fingerprint density at radius 2 is 0.603 bits per heavy atom. The lowest BCUT2D eigenvalue weighted by Gasteiger charge is -2.20. The van der Waals surface area contributed by atoms with Crippen LogP contribution in [-0.2, 0) is 28.6 Å². The summed E-state index contributed by atoms with van der Waals surface area (Å²) in [4.78, 5) is 38.7. The summed E-state index contributed by atoms with van der Waals surface area (Å²) in [6, 6.07) is 0. The van der Waals surface area contributed by atoms with Crippen LogP contribution in [0.1, 0.15) is 290 Å². The molecule has 0 fully saturated rings. The van der Waals surface area contributed by atoms with E-state index in [2.05, 4.69) is 20.8 Å². The lowest BCUT2D eigenvalue weighted by atomic mass is 10.0. The summed E-state index contributed by atoms with van der Waals surface area (Å²) in [6.45, 7) is 6.73. The maximum Gasteiger partial charge on any atom is 0.306 e. The molecule has 0 aromatic carbocycles. The van der Waals surface area contributed by atoms with Crippen LogP contribution >= 0.6 is 35.3 Å². The SMILES string of the molecule is CCCCCCC(O)CC(CCCCCCCCC(=O)OCC(COC(=O)CCCCCCCCC(CC(O)CCCCCC)SCCO)OC(=O)CCCCCCCCC(CC(O)CCCCCC)SCCO)SCCO. The van der Waals surface area contributed by atoms with Crippen LogP contribution in [0.15, 0.2) is 0 Å². The molecule has 0 aliphatic rings. The number of hydrogen-bond acceptors (Lipinski definition) is 15. The highest BCUT2D eigenvalue weighted by Crippen LogP contribution is 2.28. The van der Waals surface area contributed by atoms with E-state index in [9.17, 15) is 45.0 Å². The van der Waals surface area contributed by atoms with Crippen LogP contribution in [0.3, 0.4) is 0 Å². The molecule has 0 aromatic rings. The number of unbranched alkanes of at least 4 members (excludes halogenated alkanes) is 24. The molecule has 6 atom stereocenters. The zero-order valence-corrected chi connectivity index (χ0v) is 52.7. The van der Waals surface area contributed by atoms with Crippen LogP contribution in [0, 0.1) is 0 Å². The lowest BCUT2D eigenvalue weighted by molar-refractivity contribution is -0.167. The second-order valence-electron chi connectivity index (χ2n) is 22.3. The van der Waals surface area contributed by atoms with Crippen LogP contribution in [0.25, 0.3) is 0 Å². The second kappa shape index (κ2) is 59.4. The highest BCUT2D eigenvalue weighted by atomic mass is 32.2. The molecule has 0 radical (unpaired) electrons. The van der Waals surface area contributed by atoms with Crippen molar-refractivity contribution in [2.45, 2.75) is 331 Å². The fraction of sp³-hybridized carbons (Fsp3) is 0.952. The van der Waals surface area contributed by atoms with Gasteiger partial charge in [0.05, 0.1) is 38.1 Å². The highest BCUT2D eigenvalue weighted by Gasteiger charge is 2.21. The predicted molar refractivity (Wildman–Crippen MR) is 331 cm³/mol. The summed E-state index contributed by atoms with van der Waals surface area (Å²) in [5.74, 6) is 0.992. The molecule has 0 amide bonds. The summed E-state index contributed by atoms with van der Waals surface area (Å²) in [5, 5.41) is 61.0. The van der Waals surface area contributed by atoms with Gasteiger partial charge in [0.1, 0.15) is 13.2 Å². The molecule has 0 saturated carbocycles. The summed E-state index contributed by atoms with van der Waals surface area (Å²) >= 11 is 5.31. The maximum atomic E-state index is 13.1. The summed E-state index contributed by atoms with van der Waals surface area (Å²) in [5.41, 5.74) is 0. The van der Waals surface area contributed by atoms with Gasteiger partial charge >= 0.3 is 17.9 Å². The number of ether oxygens (including phenoxy) is 3. The van der Waals surface area contributed by atoms with Gasteiger partial charge < -0.3 is 44.8 Å². The molecule has 0 rings (SSSR count). The first kappa shape index (κ1) is 77.2. The Hall–Kier alpha value is -0.780. The topological polar surface area (TPSA) is 200 Å². The Morgan fingerprint density at radius 1 is 0.346 bits per heavy atom. The van der Waals surface area contributed by atoms with Crippen LogP contribution in [0.4, 0.5) is 0 Å². The van der Waals surface area contributed by atoms with Crippen LogP contribution < -0.4 is 0 Å². The molecule has 0 aliphatic carbocycles. The fourth-order valence-corrected chi connectivity index (χ4v) is 13.5. The van der Waals surface area contributed by atoms with Crippen LogP contribution in [-0.4, -0.2) is 139 Å². The molecule has 0 spiro atoms. The van der Waals surface area contributed by atoms with Gasteiger partial charge in [-0.2, -0.15) is 35.3 Å². The molecule has 0 heterocycles. The van der Waals surface area contributed by atoms with E-state index in [1.165, 1.54) is 57.8 Å². The van der Waals surface area contributed by atoms with Crippen LogP contribution in [0.5, 0.6) is 0 Å². The quantitative estimate of drug-likeness (QED) is 0.0191. The van der Waals surface area contributed by atoms with Gasteiger partial charge in [0.25, 0.3) is 0 Å². The van der Waals surface area contributed by atoms with Crippen molar-refractivity contribution >= 4 is 53.2 Å². The molecular formula is C63H122O12S3. The number of carbonyl (C=O) groups is 3. The number of thioether (sulfide) groups is 3. The first-order valence-electron chi connectivity index (χ1n) is 32.2. The number of aliphatic hydroxyl groups is 6. The van der Waals surface area contributed by atoms with Gasteiger partial charge in [0.15, 0.2) is 6.10 Å². The summed E-state index contributed by atoms with van der Waals surface area (Å²) in [7, 11) is 0. The predicted octanol–water partition coefficient (Wildman–Crippen LogP) is 14.8. The minimum Gasteiger partial charge on any atom is -0.462 e. The highest BCUT2D eigenvalue weighted by molar-refractivity contribution is 8.00. The summed E-state index contributed by atoms with van der Waals surface area (Å²) in [6.07, 6.45) is 38.6. The number of esters is 3. The lowest BCUT2D eigenvalue weighted by Crippen LogP contribution is -2.30. The van der Waals surface area contributed by atoms with Crippen molar-refractivity contribution < 1.29 is 59.2 Å². The third-order valence-corrected chi connectivity index (χ3v) is 18.7. The molecule has 6 unspecified atom stereocenters. The van der Waals surface area contributed by atoms with E-state index in [4.69, 9.17) is 14.2 Å². The average molecular weight is 1170 g/mol. The van der Waals surface area contributed by atoms with Gasteiger partial charge in [-0.05, 0) is 77.0 Å². The largest absolute Gasteiger partial charge is 0.462 e. The Morgan fingerprint density at radius 3 is 0.897 bits per heavy atom. The Bertz CT molecular complexity index is 1240. The minimum atomic E-state index is -0.875. The van der Waals surface area contributed by atoms with Crippen molar-refractivity contribution in [1.82, 2.24) is 0 Å². The second-order valence-corrected chi connectivity index (χ2v) is 26.5. The molecule has 78 heavy (non-hydrogen) atoms. The van der Waals surface area contributed by atoms with E-state index in [1.54, 1.807) is 35.3 Å². The van der Waals surface area contributed by atoms with E-state index in [0.717, 1.165) is 173 Å². The zero-order valence-electron chi connectivity index (χ0n) is 50.3. The maximum absolute atomic E-state index is 13.1. The monoisotopic (exact) mass is 1170 g/mol. The van der Waals surface area contributed by atoms with Crippen molar-refractivity contribution in [3.63, 3.8) is 0 Å². The van der Waals surface area contributed by atoms with Gasteiger partial charge in [-0.3, -0.25) is 14.4 Å². The molecule has 0 aromatic heterocycles. The van der Waals surface area contributed by atoms with Gasteiger partial charge in [-0.25, -0.2) is 0 Å². The molecule has 12 nitrogen and oxygen atoms in total. The third kappa shape index (κ3) is 53.2. The normalized spacial score (nSPS) is 14.4. The fourth-order valence-electron chi connectivity index (χ4n) is 10.1. The Labute approximate surface area is 490 Å². The Balaban J connectivity index is 4.91.